The molecule has 0 aliphatic rings. The van der Waals surface area contributed by atoms with Crippen LogP contribution in [-0.2, 0) is 26.2 Å². The Hall–Kier alpha value is -2.78. The van der Waals surface area contributed by atoms with Gasteiger partial charge >= 0.3 is 0 Å². The van der Waals surface area contributed by atoms with Crippen LogP contribution in [0.15, 0.2) is 48.5 Å². The molecule has 10 heteroatoms. The lowest BCUT2D eigenvalue weighted by Crippen LogP contribution is -2.52. The van der Waals surface area contributed by atoms with Crippen molar-refractivity contribution in [3.05, 3.63) is 59.1 Å². The summed E-state index contributed by atoms with van der Waals surface area (Å²) in [6.07, 6.45) is 1.41. The van der Waals surface area contributed by atoms with Gasteiger partial charge in [0, 0.05) is 18.1 Å². The van der Waals surface area contributed by atoms with Gasteiger partial charge in [-0.2, -0.15) is 0 Å². The highest BCUT2D eigenvalue weighted by Crippen LogP contribution is 2.23. The van der Waals surface area contributed by atoms with Gasteiger partial charge in [-0.3, -0.25) is 13.9 Å². The van der Waals surface area contributed by atoms with Crippen LogP contribution in [0.25, 0.3) is 0 Å². The van der Waals surface area contributed by atoms with Crippen LogP contribution < -0.4 is 14.4 Å². The van der Waals surface area contributed by atoms with Gasteiger partial charge < -0.3 is 15.0 Å². The van der Waals surface area contributed by atoms with Crippen LogP contribution in [-0.4, -0.2) is 57.1 Å². The first kappa shape index (κ1) is 27.5. The summed E-state index contributed by atoms with van der Waals surface area (Å²) in [6, 6.07) is 12.7. The highest BCUT2D eigenvalue weighted by molar-refractivity contribution is 7.92. The number of hydrogen-bond donors (Lipinski definition) is 1. The minimum absolute atomic E-state index is 0.131. The summed E-state index contributed by atoms with van der Waals surface area (Å²) in [4.78, 5) is 27.7. The number of anilines is 1. The Kier molecular flexibility index (Phi) is 10.2. The molecule has 2 aromatic carbocycles. The van der Waals surface area contributed by atoms with Crippen molar-refractivity contribution in [2.24, 2.45) is 0 Å². The van der Waals surface area contributed by atoms with E-state index in [9.17, 15) is 18.0 Å². The number of sulfonamides is 1. The summed E-state index contributed by atoms with van der Waals surface area (Å²) in [7, 11) is -3.79. The van der Waals surface area contributed by atoms with Crippen molar-refractivity contribution in [3.8, 4) is 5.75 Å². The second kappa shape index (κ2) is 12.6. The Morgan fingerprint density at radius 2 is 1.65 bits per heavy atom. The van der Waals surface area contributed by atoms with Crippen LogP contribution >= 0.6 is 11.6 Å². The number of nitrogens with zero attached hydrogens (tertiary/aromatic N) is 2. The van der Waals surface area contributed by atoms with Crippen LogP contribution in [0.2, 0.25) is 5.02 Å². The van der Waals surface area contributed by atoms with E-state index in [1.54, 1.807) is 55.5 Å². The Bertz CT molecular complexity index is 1060. The molecule has 0 aliphatic heterocycles. The SMILES string of the molecule is CCNC(=O)C(CC)N(Cc1ccc(Cl)cc1)C(=O)CN(c1ccc(OCC)cc1)S(C)(=O)=O. The molecule has 2 aromatic rings. The van der Waals surface area contributed by atoms with Gasteiger partial charge in [-0.15, -0.1) is 0 Å². The molecule has 1 N–H and O–H groups in total. The van der Waals surface area contributed by atoms with E-state index in [2.05, 4.69) is 5.32 Å². The number of carbonyl (C=O) groups is 2. The summed E-state index contributed by atoms with van der Waals surface area (Å²) < 4.78 is 31.7. The molecule has 1 unspecified atom stereocenters. The minimum atomic E-state index is -3.79. The van der Waals surface area contributed by atoms with Gasteiger partial charge in [-0.25, -0.2) is 8.42 Å². The lowest BCUT2D eigenvalue weighted by atomic mass is 10.1. The van der Waals surface area contributed by atoms with Gasteiger partial charge in [0.15, 0.2) is 0 Å². The summed E-state index contributed by atoms with van der Waals surface area (Å²) in [5.41, 5.74) is 1.10. The fourth-order valence-electron chi connectivity index (χ4n) is 3.49. The summed E-state index contributed by atoms with van der Waals surface area (Å²) >= 11 is 5.98. The number of benzene rings is 2. The van der Waals surface area contributed by atoms with E-state index < -0.39 is 28.5 Å². The average Bonchev–Trinajstić information content (AvgIpc) is 2.79. The molecule has 0 radical (unpaired) electrons. The van der Waals surface area contributed by atoms with Crippen LogP contribution in [0, 0.1) is 0 Å². The lowest BCUT2D eigenvalue weighted by Gasteiger charge is -2.32. The molecular formula is C24H32ClN3O5S. The van der Waals surface area contributed by atoms with E-state index in [-0.39, 0.29) is 12.5 Å². The molecule has 2 amide bonds. The maximum atomic E-state index is 13.5. The molecule has 34 heavy (non-hydrogen) atoms. The van der Waals surface area contributed by atoms with Crippen molar-refractivity contribution < 1.29 is 22.7 Å². The highest BCUT2D eigenvalue weighted by atomic mass is 35.5. The van der Waals surface area contributed by atoms with Crippen LogP contribution in [0.3, 0.4) is 0 Å². The Balaban J connectivity index is 2.39. The molecule has 0 heterocycles. The predicted molar refractivity (Wildman–Crippen MR) is 135 cm³/mol. The molecule has 0 aliphatic carbocycles. The molecule has 0 spiro atoms. The summed E-state index contributed by atoms with van der Waals surface area (Å²) in [5, 5.41) is 3.31. The third-order valence-electron chi connectivity index (χ3n) is 5.12. The molecule has 8 nitrogen and oxygen atoms in total. The minimum Gasteiger partial charge on any atom is -0.494 e. The first-order chi connectivity index (χ1) is 16.1. The zero-order valence-corrected chi connectivity index (χ0v) is 21.5. The fraction of sp³-hybridized carbons (Fsp3) is 0.417. The van der Waals surface area contributed by atoms with Crippen molar-refractivity contribution >= 4 is 39.1 Å². The first-order valence-electron chi connectivity index (χ1n) is 11.1. The van der Waals surface area contributed by atoms with E-state index in [4.69, 9.17) is 16.3 Å². The highest BCUT2D eigenvalue weighted by Gasteiger charge is 2.31. The van der Waals surface area contributed by atoms with Crippen molar-refractivity contribution in [3.63, 3.8) is 0 Å². The lowest BCUT2D eigenvalue weighted by molar-refractivity contribution is -0.140. The first-order valence-corrected chi connectivity index (χ1v) is 13.3. The Morgan fingerprint density at radius 1 is 1.03 bits per heavy atom. The fourth-order valence-corrected chi connectivity index (χ4v) is 4.46. The molecular weight excluding hydrogens is 478 g/mol. The number of nitrogens with one attached hydrogen (secondary N) is 1. The molecule has 0 bridgehead atoms. The van der Waals surface area contributed by atoms with Crippen molar-refractivity contribution in [2.45, 2.75) is 39.8 Å². The normalized spacial score (nSPS) is 12.0. The number of likely N-dealkylation sites (N-methyl/N-ethyl adjacent to an activating group) is 1. The van der Waals surface area contributed by atoms with Crippen molar-refractivity contribution in [2.75, 3.05) is 30.3 Å². The van der Waals surface area contributed by atoms with Crippen molar-refractivity contribution in [1.29, 1.82) is 0 Å². The second-order valence-corrected chi connectivity index (χ2v) is 10.0. The van der Waals surface area contributed by atoms with Crippen LogP contribution in [0.4, 0.5) is 5.69 Å². The zero-order valence-electron chi connectivity index (χ0n) is 20.0. The van der Waals surface area contributed by atoms with E-state index in [0.717, 1.165) is 16.1 Å². The van der Waals surface area contributed by atoms with Gasteiger partial charge in [0.2, 0.25) is 21.8 Å². The molecule has 1 atom stereocenters. The third-order valence-corrected chi connectivity index (χ3v) is 6.51. The van der Waals surface area contributed by atoms with Gasteiger partial charge in [0.05, 0.1) is 18.6 Å². The number of hydrogen-bond acceptors (Lipinski definition) is 5. The van der Waals surface area contributed by atoms with E-state index >= 15 is 0 Å². The van der Waals surface area contributed by atoms with E-state index in [1.807, 2.05) is 13.8 Å². The van der Waals surface area contributed by atoms with E-state index in [1.165, 1.54) is 4.90 Å². The standard InChI is InChI=1S/C24H32ClN3O5S/c1-5-22(24(30)26-6-2)27(16-18-8-10-19(25)11-9-18)23(29)17-28(34(4,31)32)20-12-14-21(15-13-20)33-7-3/h8-15,22H,5-7,16-17H2,1-4H3,(H,26,30). The van der Waals surface area contributed by atoms with Gasteiger partial charge in [-0.05, 0) is 62.2 Å². The largest absolute Gasteiger partial charge is 0.494 e. The molecule has 0 aromatic heterocycles. The Labute approximate surface area is 206 Å². The number of carbonyl (C=O) groups excluding carboxylic acids is 2. The quantitative estimate of drug-likeness (QED) is 0.472. The van der Waals surface area contributed by atoms with Gasteiger partial charge in [0.25, 0.3) is 0 Å². The molecule has 2 rings (SSSR count). The number of rotatable bonds is 12. The van der Waals surface area contributed by atoms with Crippen LogP contribution in [0.5, 0.6) is 5.75 Å². The van der Waals surface area contributed by atoms with Crippen molar-refractivity contribution in [1.82, 2.24) is 10.2 Å². The van der Waals surface area contributed by atoms with Crippen LogP contribution in [0.1, 0.15) is 32.8 Å². The summed E-state index contributed by atoms with van der Waals surface area (Å²) in [6.45, 7) is 6.04. The maximum Gasteiger partial charge on any atom is 0.244 e. The van der Waals surface area contributed by atoms with Gasteiger partial charge in [0.1, 0.15) is 18.3 Å². The number of amides is 2. The molecule has 186 valence electrons. The smallest absolute Gasteiger partial charge is 0.244 e. The second-order valence-electron chi connectivity index (χ2n) is 7.66. The Morgan fingerprint density at radius 3 is 2.15 bits per heavy atom. The number of ether oxygens (including phenoxy) is 1. The molecule has 0 fully saturated rings. The topological polar surface area (TPSA) is 96.0 Å². The predicted octanol–water partition coefficient (Wildman–Crippen LogP) is 3.45. The number of halogens is 1. The van der Waals surface area contributed by atoms with E-state index in [0.29, 0.717) is 36.0 Å². The average molecular weight is 510 g/mol. The molecule has 0 saturated carbocycles. The summed E-state index contributed by atoms with van der Waals surface area (Å²) in [5.74, 6) is -0.190. The third kappa shape index (κ3) is 7.63. The monoisotopic (exact) mass is 509 g/mol. The van der Waals surface area contributed by atoms with Gasteiger partial charge in [-0.1, -0.05) is 30.7 Å². The molecule has 0 saturated heterocycles. The zero-order chi connectivity index (χ0) is 25.3. The maximum absolute atomic E-state index is 13.5.